The first-order chi connectivity index (χ1) is 20.8. The zero-order chi connectivity index (χ0) is 30.8. The largest absolute Gasteiger partial charge is 0.464 e. The van der Waals surface area contributed by atoms with Crippen LogP contribution in [0.1, 0.15) is 34.0 Å². The normalized spacial score (nSPS) is 10.8. The molecule has 0 radical (unpaired) electrons. The Morgan fingerprint density at radius 3 is 2.37 bits per heavy atom. The number of rotatable bonds is 12. The smallest absolute Gasteiger partial charge is 0.338 e. The summed E-state index contributed by atoms with van der Waals surface area (Å²) in [6, 6.07) is 20.5. The molecule has 0 atom stereocenters. The van der Waals surface area contributed by atoms with Gasteiger partial charge in [0, 0.05) is 25.9 Å². The van der Waals surface area contributed by atoms with Crippen LogP contribution < -0.4 is 10.7 Å². The van der Waals surface area contributed by atoms with Crippen molar-refractivity contribution in [1.29, 1.82) is 0 Å². The summed E-state index contributed by atoms with van der Waals surface area (Å²) < 4.78 is 15.9. The maximum absolute atomic E-state index is 13.8. The molecule has 10 heteroatoms. The van der Waals surface area contributed by atoms with E-state index in [1.165, 1.54) is 23.2 Å². The number of amides is 3. The van der Waals surface area contributed by atoms with Crippen LogP contribution in [0.3, 0.4) is 0 Å². The summed E-state index contributed by atoms with van der Waals surface area (Å²) in [6.45, 7) is 4.18. The van der Waals surface area contributed by atoms with Crippen molar-refractivity contribution in [3.05, 3.63) is 112 Å². The lowest BCUT2D eigenvalue weighted by Gasteiger charge is -2.28. The van der Waals surface area contributed by atoms with Gasteiger partial charge in [0.2, 0.25) is 5.91 Å². The second-order valence-electron chi connectivity index (χ2n) is 9.97. The van der Waals surface area contributed by atoms with E-state index in [0.29, 0.717) is 27.8 Å². The van der Waals surface area contributed by atoms with Crippen molar-refractivity contribution >= 4 is 34.6 Å². The first kappa shape index (κ1) is 31.0. The molecule has 3 amide bonds. The molecule has 3 aromatic carbocycles. The van der Waals surface area contributed by atoms with E-state index >= 15 is 0 Å². The Morgan fingerprint density at radius 2 is 1.67 bits per heavy atom. The van der Waals surface area contributed by atoms with Crippen molar-refractivity contribution in [3.63, 3.8) is 0 Å². The van der Waals surface area contributed by atoms with Crippen LogP contribution in [0.5, 0.6) is 0 Å². The van der Waals surface area contributed by atoms with Crippen molar-refractivity contribution in [2.45, 2.75) is 26.9 Å². The lowest BCUT2D eigenvalue weighted by molar-refractivity contribution is -0.133. The summed E-state index contributed by atoms with van der Waals surface area (Å²) in [4.78, 5) is 55.2. The fraction of sp³-hybridized carbons (Fsp3) is 0.273. The molecule has 0 unspecified atom stereocenters. The van der Waals surface area contributed by atoms with E-state index < -0.39 is 12.0 Å². The number of hydrogen-bond donors (Lipinski definition) is 1. The summed E-state index contributed by atoms with van der Waals surface area (Å²) in [5.41, 5.74) is 3.18. The lowest BCUT2D eigenvalue weighted by Crippen LogP contribution is -2.45. The molecule has 0 saturated heterocycles. The number of benzene rings is 3. The summed E-state index contributed by atoms with van der Waals surface area (Å²) in [6.07, 6.45) is 1.39. The van der Waals surface area contributed by atoms with E-state index in [4.69, 9.17) is 13.9 Å². The van der Waals surface area contributed by atoms with Crippen LogP contribution >= 0.6 is 0 Å². The van der Waals surface area contributed by atoms with E-state index in [-0.39, 0.29) is 50.7 Å². The van der Waals surface area contributed by atoms with E-state index in [9.17, 15) is 19.2 Å². The van der Waals surface area contributed by atoms with Crippen LogP contribution in [0.25, 0.3) is 11.0 Å². The number of ether oxygens (including phenoxy) is 2. The molecule has 0 aliphatic rings. The van der Waals surface area contributed by atoms with Crippen LogP contribution in [0.15, 0.2) is 88.3 Å². The van der Waals surface area contributed by atoms with Gasteiger partial charge in [-0.1, -0.05) is 42.0 Å². The molecule has 43 heavy (non-hydrogen) atoms. The molecule has 10 nitrogen and oxygen atoms in total. The third-order valence-corrected chi connectivity index (χ3v) is 6.76. The number of aryl methyl sites for hydroxylation is 1. The van der Waals surface area contributed by atoms with Gasteiger partial charge >= 0.3 is 12.0 Å². The van der Waals surface area contributed by atoms with Gasteiger partial charge < -0.3 is 29.0 Å². The summed E-state index contributed by atoms with van der Waals surface area (Å²) in [5, 5.41) is 3.21. The minimum Gasteiger partial charge on any atom is -0.464 e. The highest BCUT2D eigenvalue weighted by atomic mass is 16.5. The third-order valence-electron chi connectivity index (χ3n) is 6.76. The number of esters is 1. The van der Waals surface area contributed by atoms with Crippen LogP contribution in [0.4, 0.5) is 10.5 Å². The van der Waals surface area contributed by atoms with Gasteiger partial charge in [0.1, 0.15) is 12.1 Å². The minimum absolute atomic E-state index is 0.00496. The Balaban J connectivity index is 1.55. The Bertz CT molecular complexity index is 1620. The Morgan fingerprint density at radius 1 is 0.930 bits per heavy atom. The third kappa shape index (κ3) is 8.30. The molecule has 0 saturated carbocycles. The number of nitrogens with one attached hydrogen (secondary N) is 1. The van der Waals surface area contributed by atoms with Crippen LogP contribution in [-0.4, -0.2) is 61.1 Å². The van der Waals surface area contributed by atoms with Gasteiger partial charge in [-0.15, -0.1) is 0 Å². The highest BCUT2D eigenvalue weighted by molar-refractivity contribution is 5.94. The summed E-state index contributed by atoms with van der Waals surface area (Å²) in [7, 11) is 1.51. The van der Waals surface area contributed by atoms with Gasteiger partial charge in [-0.2, -0.15) is 0 Å². The number of carbonyl (C=O) groups excluding carboxylic acids is 3. The standard InChI is InChI=1S/C33H35N3O7/c1-4-42-32(39)25-11-13-27(14-12-25)34-33(40)35(16-17-41-3)21-30(37)36(19-24-8-6-5-7-9-24)20-26-22-43-29-15-10-23(2)18-28(29)31(26)38/h5-15,18,22H,4,16-17,19-21H2,1-3H3,(H,34,40). The van der Waals surface area contributed by atoms with E-state index in [1.54, 1.807) is 43.3 Å². The fourth-order valence-electron chi connectivity index (χ4n) is 4.46. The Hall–Kier alpha value is -4.96. The molecule has 224 valence electrons. The van der Waals surface area contributed by atoms with Crippen molar-refractivity contribution in [2.24, 2.45) is 0 Å². The maximum Gasteiger partial charge on any atom is 0.338 e. The van der Waals surface area contributed by atoms with Crippen LogP contribution in [0, 0.1) is 6.92 Å². The topological polar surface area (TPSA) is 118 Å². The monoisotopic (exact) mass is 585 g/mol. The van der Waals surface area contributed by atoms with Crippen molar-refractivity contribution in [2.75, 3.05) is 38.7 Å². The number of anilines is 1. The molecule has 1 aromatic heterocycles. The Kier molecular flexibility index (Phi) is 10.7. The van der Waals surface area contributed by atoms with Gasteiger partial charge in [-0.3, -0.25) is 9.59 Å². The minimum atomic E-state index is -0.519. The first-order valence-corrected chi connectivity index (χ1v) is 13.9. The molecule has 0 spiro atoms. The number of fused-ring (bicyclic) bond motifs is 1. The van der Waals surface area contributed by atoms with E-state index in [0.717, 1.165) is 11.1 Å². The molecule has 0 fully saturated rings. The summed E-state index contributed by atoms with van der Waals surface area (Å²) >= 11 is 0. The van der Waals surface area contributed by atoms with Crippen LogP contribution in [-0.2, 0) is 27.4 Å². The molecule has 4 aromatic rings. The van der Waals surface area contributed by atoms with Gasteiger partial charge in [0.05, 0.1) is 42.5 Å². The molecular formula is C33H35N3O7. The number of hydrogen-bond acceptors (Lipinski definition) is 7. The van der Waals surface area contributed by atoms with E-state index in [2.05, 4.69) is 5.32 Å². The van der Waals surface area contributed by atoms with Gasteiger partial charge in [-0.25, -0.2) is 9.59 Å². The average molecular weight is 586 g/mol. The van der Waals surface area contributed by atoms with Crippen molar-refractivity contribution in [3.8, 4) is 0 Å². The quantitative estimate of drug-likeness (QED) is 0.233. The number of carbonyl (C=O) groups is 3. The van der Waals surface area contributed by atoms with E-state index in [1.807, 2.05) is 43.3 Å². The lowest BCUT2D eigenvalue weighted by atomic mass is 10.1. The van der Waals surface area contributed by atoms with Gasteiger partial charge in [0.25, 0.3) is 0 Å². The number of methoxy groups -OCH3 is 1. The maximum atomic E-state index is 13.8. The molecule has 0 aliphatic carbocycles. The van der Waals surface area contributed by atoms with Gasteiger partial charge in [0.15, 0.2) is 5.43 Å². The molecule has 4 rings (SSSR count). The van der Waals surface area contributed by atoms with Gasteiger partial charge in [-0.05, 0) is 55.8 Å². The molecule has 1 N–H and O–H groups in total. The molecule has 0 bridgehead atoms. The van der Waals surface area contributed by atoms with Crippen LogP contribution in [0.2, 0.25) is 0 Å². The number of urea groups is 1. The SMILES string of the molecule is CCOC(=O)c1ccc(NC(=O)N(CCOC)CC(=O)N(Cc2ccccc2)Cc2coc3ccc(C)cc3c2=O)cc1. The first-order valence-electron chi connectivity index (χ1n) is 13.9. The molecular weight excluding hydrogens is 550 g/mol. The average Bonchev–Trinajstić information content (AvgIpc) is 3.01. The second-order valence-corrected chi connectivity index (χ2v) is 9.97. The molecule has 0 aliphatic heterocycles. The molecule has 1 heterocycles. The fourth-order valence-corrected chi connectivity index (χ4v) is 4.46. The highest BCUT2D eigenvalue weighted by Crippen LogP contribution is 2.17. The van der Waals surface area contributed by atoms with Crippen molar-refractivity contribution < 1.29 is 28.3 Å². The predicted octanol–water partition coefficient (Wildman–Crippen LogP) is 4.99. The predicted molar refractivity (Wildman–Crippen MR) is 163 cm³/mol. The van der Waals surface area contributed by atoms with Crippen molar-refractivity contribution in [1.82, 2.24) is 9.80 Å². The number of nitrogens with zero attached hydrogens (tertiary/aromatic N) is 2. The highest BCUT2D eigenvalue weighted by Gasteiger charge is 2.23. The Labute approximate surface area is 249 Å². The second kappa shape index (κ2) is 14.8. The zero-order valence-electron chi connectivity index (χ0n) is 24.5. The zero-order valence-corrected chi connectivity index (χ0v) is 24.5. The summed E-state index contributed by atoms with van der Waals surface area (Å²) in [5.74, 6) is -0.821.